The molecule has 0 aromatic carbocycles. The number of aromatic nitrogens is 2. The van der Waals surface area contributed by atoms with E-state index >= 15 is 0 Å². The number of ether oxygens (including phenoxy) is 1. The second-order valence-electron chi connectivity index (χ2n) is 2.60. The van der Waals surface area contributed by atoms with Gasteiger partial charge in [-0.15, -0.1) is 0 Å². The molecule has 1 aromatic rings. The summed E-state index contributed by atoms with van der Waals surface area (Å²) >= 11 is 0. The van der Waals surface area contributed by atoms with Crippen molar-refractivity contribution in [3.63, 3.8) is 0 Å². The van der Waals surface area contributed by atoms with E-state index in [2.05, 4.69) is 9.97 Å². The molecule has 0 N–H and O–H groups in total. The minimum absolute atomic E-state index is 0.107. The molecule has 0 aliphatic heterocycles. The molecule has 4 nitrogen and oxygen atoms in total. The van der Waals surface area contributed by atoms with Gasteiger partial charge in [0.05, 0.1) is 6.20 Å². The van der Waals surface area contributed by atoms with Crippen LogP contribution in [0.2, 0.25) is 0 Å². The van der Waals surface area contributed by atoms with Crippen molar-refractivity contribution in [1.29, 1.82) is 0 Å². The smallest absolute Gasteiger partial charge is 0.197 e. The van der Waals surface area contributed by atoms with Crippen LogP contribution in [0.3, 0.4) is 0 Å². The SMILES string of the molecule is CCOC(C)(P=O)c1cnccn1. The molecule has 13 heavy (non-hydrogen) atoms. The summed E-state index contributed by atoms with van der Waals surface area (Å²) in [6.45, 7) is 4.05. The van der Waals surface area contributed by atoms with E-state index in [-0.39, 0.29) is 8.46 Å². The van der Waals surface area contributed by atoms with Crippen LogP contribution in [0.5, 0.6) is 0 Å². The Morgan fingerprint density at radius 3 is 2.85 bits per heavy atom. The van der Waals surface area contributed by atoms with E-state index in [4.69, 9.17) is 4.74 Å². The van der Waals surface area contributed by atoms with Gasteiger partial charge in [-0.3, -0.25) is 14.5 Å². The lowest BCUT2D eigenvalue weighted by Crippen LogP contribution is -2.20. The average molecular weight is 198 g/mol. The lowest BCUT2D eigenvalue weighted by Gasteiger charge is -2.20. The van der Waals surface area contributed by atoms with Gasteiger partial charge in [-0.05, 0) is 13.8 Å². The Hall–Kier alpha value is -0.860. The standard InChI is InChI=1S/C8H11N2O2P/c1-3-12-8(2,13-11)7-6-9-4-5-10-7/h4-6H,3H2,1-2H3. The fourth-order valence-corrected chi connectivity index (χ4v) is 1.36. The van der Waals surface area contributed by atoms with Gasteiger partial charge >= 0.3 is 0 Å². The van der Waals surface area contributed by atoms with E-state index in [1.165, 1.54) is 0 Å². The normalized spacial score (nSPS) is 15.5. The molecule has 0 saturated heterocycles. The lowest BCUT2D eigenvalue weighted by atomic mass is 10.3. The van der Waals surface area contributed by atoms with Crippen molar-refractivity contribution in [3.05, 3.63) is 24.3 Å². The Morgan fingerprint density at radius 1 is 1.62 bits per heavy atom. The van der Waals surface area contributed by atoms with Gasteiger partial charge in [0.15, 0.2) is 13.8 Å². The third kappa shape index (κ3) is 2.29. The predicted octanol–water partition coefficient (Wildman–Crippen LogP) is 1.98. The fraction of sp³-hybridized carbons (Fsp3) is 0.500. The van der Waals surface area contributed by atoms with Gasteiger partial charge in [0.2, 0.25) is 0 Å². The van der Waals surface area contributed by atoms with Gasteiger partial charge < -0.3 is 4.74 Å². The monoisotopic (exact) mass is 198 g/mol. The van der Waals surface area contributed by atoms with E-state index in [9.17, 15) is 4.57 Å². The Labute approximate surface area is 78.6 Å². The first-order valence-electron chi connectivity index (χ1n) is 3.98. The fourth-order valence-electron chi connectivity index (χ4n) is 0.967. The molecular formula is C8H11N2O2P. The van der Waals surface area contributed by atoms with Gasteiger partial charge in [0.25, 0.3) is 0 Å². The highest BCUT2D eigenvalue weighted by molar-refractivity contribution is 7.25. The van der Waals surface area contributed by atoms with Crippen LogP contribution in [0.4, 0.5) is 0 Å². The van der Waals surface area contributed by atoms with Crippen molar-refractivity contribution in [2.75, 3.05) is 6.61 Å². The zero-order valence-electron chi connectivity index (χ0n) is 7.60. The third-order valence-electron chi connectivity index (χ3n) is 1.64. The molecular weight excluding hydrogens is 187 g/mol. The van der Waals surface area contributed by atoms with E-state index in [1.54, 1.807) is 25.5 Å². The summed E-state index contributed by atoms with van der Waals surface area (Å²) in [5, 5.41) is -0.872. The van der Waals surface area contributed by atoms with Crippen molar-refractivity contribution >= 4 is 8.46 Å². The number of hydrogen-bond acceptors (Lipinski definition) is 4. The van der Waals surface area contributed by atoms with Crippen LogP contribution in [0.15, 0.2) is 18.6 Å². The van der Waals surface area contributed by atoms with Gasteiger partial charge in [-0.25, -0.2) is 0 Å². The summed E-state index contributed by atoms with van der Waals surface area (Å²) in [5.41, 5.74) is 0.577. The quantitative estimate of drug-likeness (QED) is 0.694. The summed E-state index contributed by atoms with van der Waals surface area (Å²) in [6, 6.07) is 0. The Kier molecular flexibility index (Phi) is 3.46. The Balaban J connectivity index is 2.95. The summed E-state index contributed by atoms with van der Waals surface area (Å²) in [7, 11) is -0.107. The summed E-state index contributed by atoms with van der Waals surface area (Å²) in [4.78, 5) is 7.94. The van der Waals surface area contributed by atoms with E-state index < -0.39 is 5.34 Å². The molecule has 0 fully saturated rings. The minimum atomic E-state index is -0.872. The van der Waals surface area contributed by atoms with Crippen LogP contribution in [0, 0.1) is 0 Å². The summed E-state index contributed by atoms with van der Waals surface area (Å²) < 4.78 is 16.3. The van der Waals surface area contributed by atoms with Gasteiger partial charge in [-0.1, -0.05) is 0 Å². The topological polar surface area (TPSA) is 52.1 Å². The first kappa shape index (κ1) is 10.2. The number of hydrogen-bond donors (Lipinski definition) is 0. The van der Waals surface area contributed by atoms with Crippen LogP contribution in [-0.2, 0) is 14.6 Å². The van der Waals surface area contributed by atoms with Crippen molar-refractivity contribution in [2.45, 2.75) is 19.2 Å². The molecule has 1 heterocycles. The van der Waals surface area contributed by atoms with Crippen LogP contribution in [-0.4, -0.2) is 16.6 Å². The van der Waals surface area contributed by atoms with Crippen molar-refractivity contribution < 1.29 is 9.30 Å². The highest BCUT2D eigenvalue weighted by Gasteiger charge is 2.29. The number of rotatable bonds is 4. The molecule has 0 bridgehead atoms. The maximum atomic E-state index is 10.9. The highest BCUT2D eigenvalue weighted by Crippen LogP contribution is 2.33. The Morgan fingerprint density at radius 2 is 2.38 bits per heavy atom. The van der Waals surface area contributed by atoms with Crippen molar-refractivity contribution in [1.82, 2.24) is 9.97 Å². The maximum Gasteiger partial charge on any atom is 0.197 e. The molecule has 1 unspecified atom stereocenters. The largest absolute Gasteiger partial charge is 0.357 e. The van der Waals surface area contributed by atoms with E-state index in [0.29, 0.717) is 12.3 Å². The third-order valence-corrected chi connectivity index (χ3v) is 2.34. The van der Waals surface area contributed by atoms with Crippen LogP contribution in [0.1, 0.15) is 19.5 Å². The number of nitrogens with zero attached hydrogens (tertiary/aromatic N) is 2. The summed E-state index contributed by atoms with van der Waals surface area (Å²) in [5.74, 6) is 0. The van der Waals surface area contributed by atoms with Gasteiger partial charge in [-0.2, -0.15) is 0 Å². The molecule has 0 aliphatic rings. The molecule has 1 atom stereocenters. The molecule has 70 valence electrons. The zero-order chi connectivity index (χ0) is 9.73. The van der Waals surface area contributed by atoms with Crippen molar-refractivity contribution in [2.24, 2.45) is 0 Å². The lowest BCUT2D eigenvalue weighted by molar-refractivity contribution is 0.0378. The molecule has 0 aliphatic carbocycles. The molecule has 0 radical (unpaired) electrons. The molecule has 1 rings (SSSR count). The van der Waals surface area contributed by atoms with E-state index in [1.807, 2.05) is 6.92 Å². The highest BCUT2D eigenvalue weighted by atomic mass is 31.1. The molecule has 0 amide bonds. The molecule has 5 heteroatoms. The zero-order valence-corrected chi connectivity index (χ0v) is 8.49. The van der Waals surface area contributed by atoms with Crippen molar-refractivity contribution in [3.8, 4) is 0 Å². The van der Waals surface area contributed by atoms with Crippen LogP contribution < -0.4 is 0 Å². The first-order valence-corrected chi connectivity index (χ1v) is 4.79. The van der Waals surface area contributed by atoms with E-state index in [0.717, 1.165) is 0 Å². The average Bonchev–Trinajstić information content (AvgIpc) is 2.19. The molecule has 0 spiro atoms. The van der Waals surface area contributed by atoms with Crippen LogP contribution >= 0.6 is 8.46 Å². The molecule has 0 saturated carbocycles. The molecule has 1 aromatic heterocycles. The predicted molar refractivity (Wildman–Crippen MR) is 48.6 cm³/mol. The minimum Gasteiger partial charge on any atom is -0.357 e. The summed E-state index contributed by atoms with van der Waals surface area (Å²) in [6.07, 6.45) is 4.68. The van der Waals surface area contributed by atoms with Gasteiger partial charge in [0.1, 0.15) is 5.69 Å². The second kappa shape index (κ2) is 4.40. The van der Waals surface area contributed by atoms with Crippen LogP contribution in [0.25, 0.3) is 0 Å². The Bertz CT molecular complexity index is 281. The van der Waals surface area contributed by atoms with Gasteiger partial charge in [0, 0.05) is 19.0 Å². The maximum absolute atomic E-state index is 10.9. The second-order valence-corrected chi connectivity index (χ2v) is 3.63. The first-order chi connectivity index (χ1) is 6.23.